The van der Waals surface area contributed by atoms with Crippen molar-refractivity contribution in [2.45, 2.75) is 64.8 Å². The number of hydrogen-bond donors (Lipinski definition) is 2. The summed E-state index contributed by atoms with van der Waals surface area (Å²) in [5, 5.41) is 11.7. The van der Waals surface area contributed by atoms with E-state index in [1.165, 1.54) is 19.3 Å². The van der Waals surface area contributed by atoms with Gasteiger partial charge in [-0.05, 0) is 31.1 Å². The monoisotopic (exact) mass is 255 g/mol. The van der Waals surface area contributed by atoms with Crippen LogP contribution in [0.15, 0.2) is 0 Å². The van der Waals surface area contributed by atoms with Gasteiger partial charge in [0.2, 0.25) is 5.91 Å². The minimum Gasteiger partial charge on any atom is -0.480 e. The van der Waals surface area contributed by atoms with Crippen molar-refractivity contribution in [3.63, 3.8) is 0 Å². The summed E-state index contributed by atoms with van der Waals surface area (Å²) in [6, 6.07) is -0.735. The quantitative estimate of drug-likeness (QED) is 0.766. The highest BCUT2D eigenvalue weighted by atomic mass is 16.4. The van der Waals surface area contributed by atoms with Gasteiger partial charge < -0.3 is 10.4 Å². The Morgan fingerprint density at radius 2 is 1.83 bits per heavy atom. The second-order valence-electron chi connectivity index (χ2n) is 5.80. The SMILES string of the molecule is CC(C)CC(NC(=O)CC1CCCCC1)C(=O)O. The highest BCUT2D eigenvalue weighted by molar-refractivity contribution is 5.83. The molecule has 0 radical (unpaired) electrons. The Bertz CT molecular complexity index is 283. The van der Waals surface area contributed by atoms with Crippen molar-refractivity contribution in [1.82, 2.24) is 5.32 Å². The van der Waals surface area contributed by atoms with E-state index in [9.17, 15) is 9.59 Å². The predicted octanol–water partition coefficient (Wildman–Crippen LogP) is 2.57. The molecule has 1 amide bonds. The van der Waals surface area contributed by atoms with Crippen LogP contribution in [0.3, 0.4) is 0 Å². The molecule has 1 unspecified atom stereocenters. The zero-order chi connectivity index (χ0) is 13.5. The van der Waals surface area contributed by atoms with E-state index >= 15 is 0 Å². The number of carbonyl (C=O) groups is 2. The molecule has 4 heteroatoms. The molecule has 1 aliphatic carbocycles. The lowest BCUT2D eigenvalue weighted by Gasteiger charge is -2.22. The third kappa shape index (κ3) is 5.52. The number of amides is 1. The van der Waals surface area contributed by atoms with Gasteiger partial charge in [-0.2, -0.15) is 0 Å². The molecule has 0 heterocycles. The predicted molar refractivity (Wildman–Crippen MR) is 70.2 cm³/mol. The average Bonchev–Trinajstić information content (AvgIpc) is 2.28. The van der Waals surface area contributed by atoms with Crippen molar-refractivity contribution in [1.29, 1.82) is 0 Å². The Morgan fingerprint density at radius 1 is 1.22 bits per heavy atom. The first-order valence-corrected chi connectivity index (χ1v) is 7.01. The van der Waals surface area contributed by atoms with Crippen LogP contribution in [-0.2, 0) is 9.59 Å². The number of rotatable bonds is 6. The topological polar surface area (TPSA) is 66.4 Å². The van der Waals surface area contributed by atoms with Gasteiger partial charge in [-0.25, -0.2) is 4.79 Å². The Hall–Kier alpha value is -1.06. The van der Waals surface area contributed by atoms with Crippen molar-refractivity contribution < 1.29 is 14.7 Å². The molecule has 1 rings (SSSR count). The third-order valence-electron chi connectivity index (χ3n) is 3.54. The van der Waals surface area contributed by atoms with Crippen molar-refractivity contribution in [3.05, 3.63) is 0 Å². The summed E-state index contributed by atoms with van der Waals surface area (Å²) in [4.78, 5) is 22.9. The van der Waals surface area contributed by atoms with Crippen LogP contribution in [0.5, 0.6) is 0 Å². The zero-order valence-corrected chi connectivity index (χ0v) is 11.4. The molecule has 1 saturated carbocycles. The molecule has 2 N–H and O–H groups in total. The van der Waals surface area contributed by atoms with Gasteiger partial charge in [0.1, 0.15) is 6.04 Å². The maximum Gasteiger partial charge on any atom is 0.326 e. The van der Waals surface area contributed by atoms with E-state index in [-0.39, 0.29) is 11.8 Å². The molecule has 0 aromatic rings. The highest BCUT2D eigenvalue weighted by Crippen LogP contribution is 2.26. The Labute approximate surface area is 109 Å². The summed E-state index contributed by atoms with van der Waals surface area (Å²) in [5.74, 6) is -0.316. The van der Waals surface area contributed by atoms with E-state index in [1.54, 1.807) is 0 Å². The van der Waals surface area contributed by atoms with E-state index < -0.39 is 12.0 Å². The van der Waals surface area contributed by atoms with Gasteiger partial charge in [0, 0.05) is 6.42 Å². The Kier molecular flexibility index (Phi) is 6.16. The number of carboxylic acids is 1. The zero-order valence-electron chi connectivity index (χ0n) is 11.4. The van der Waals surface area contributed by atoms with Crippen LogP contribution < -0.4 is 5.32 Å². The van der Waals surface area contributed by atoms with Gasteiger partial charge in [0.15, 0.2) is 0 Å². The van der Waals surface area contributed by atoms with Gasteiger partial charge in [-0.15, -0.1) is 0 Å². The van der Waals surface area contributed by atoms with Crippen LogP contribution in [-0.4, -0.2) is 23.0 Å². The van der Waals surface area contributed by atoms with E-state index in [4.69, 9.17) is 5.11 Å². The summed E-state index contributed by atoms with van der Waals surface area (Å²) in [5.41, 5.74) is 0. The van der Waals surface area contributed by atoms with Crippen LogP contribution in [0.25, 0.3) is 0 Å². The van der Waals surface area contributed by atoms with Gasteiger partial charge in [0.05, 0.1) is 0 Å². The first kappa shape index (κ1) is 15.0. The fourth-order valence-electron chi connectivity index (χ4n) is 2.60. The smallest absolute Gasteiger partial charge is 0.326 e. The first-order valence-electron chi connectivity index (χ1n) is 7.01. The van der Waals surface area contributed by atoms with Crippen LogP contribution in [0.2, 0.25) is 0 Å². The molecule has 1 atom stereocenters. The molecular weight excluding hydrogens is 230 g/mol. The van der Waals surface area contributed by atoms with E-state index in [2.05, 4.69) is 5.32 Å². The van der Waals surface area contributed by atoms with Gasteiger partial charge in [-0.1, -0.05) is 33.1 Å². The maximum absolute atomic E-state index is 11.8. The lowest BCUT2D eigenvalue weighted by atomic mass is 9.87. The Balaban J connectivity index is 2.37. The molecule has 1 fully saturated rings. The standard InChI is InChI=1S/C14H25NO3/c1-10(2)8-12(14(17)18)15-13(16)9-11-6-4-3-5-7-11/h10-12H,3-9H2,1-2H3,(H,15,16)(H,17,18). The van der Waals surface area contributed by atoms with E-state index in [0.29, 0.717) is 18.8 Å². The molecule has 0 aliphatic heterocycles. The van der Waals surface area contributed by atoms with Crippen LogP contribution in [0.4, 0.5) is 0 Å². The van der Waals surface area contributed by atoms with Crippen LogP contribution in [0, 0.1) is 11.8 Å². The molecule has 0 bridgehead atoms. The molecule has 4 nitrogen and oxygen atoms in total. The van der Waals surface area contributed by atoms with Crippen LogP contribution in [0.1, 0.15) is 58.8 Å². The number of carbonyl (C=O) groups excluding carboxylic acids is 1. The summed E-state index contributed by atoms with van der Waals surface area (Å²) in [6.07, 6.45) is 6.86. The minimum absolute atomic E-state index is 0.102. The second-order valence-corrected chi connectivity index (χ2v) is 5.80. The summed E-state index contributed by atoms with van der Waals surface area (Å²) in [7, 11) is 0. The summed E-state index contributed by atoms with van der Waals surface area (Å²) in [6.45, 7) is 3.92. The fraction of sp³-hybridized carbons (Fsp3) is 0.857. The van der Waals surface area contributed by atoms with E-state index in [0.717, 1.165) is 12.8 Å². The maximum atomic E-state index is 11.8. The number of aliphatic carboxylic acids is 1. The largest absolute Gasteiger partial charge is 0.480 e. The van der Waals surface area contributed by atoms with Crippen molar-refractivity contribution >= 4 is 11.9 Å². The number of hydrogen-bond acceptors (Lipinski definition) is 2. The average molecular weight is 255 g/mol. The molecule has 18 heavy (non-hydrogen) atoms. The fourth-order valence-corrected chi connectivity index (χ4v) is 2.60. The van der Waals surface area contributed by atoms with E-state index in [1.807, 2.05) is 13.8 Å². The molecule has 0 spiro atoms. The lowest BCUT2D eigenvalue weighted by molar-refractivity contribution is -0.142. The lowest BCUT2D eigenvalue weighted by Crippen LogP contribution is -2.42. The van der Waals surface area contributed by atoms with Crippen molar-refractivity contribution in [2.75, 3.05) is 0 Å². The number of nitrogens with one attached hydrogen (secondary N) is 1. The Morgan fingerprint density at radius 3 is 2.33 bits per heavy atom. The first-order chi connectivity index (χ1) is 8.49. The summed E-state index contributed by atoms with van der Waals surface area (Å²) >= 11 is 0. The van der Waals surface area contributed by atoms with Crippen LogP contribution >= 0.6 is 0 Å². The molecule has 104 valence electrons. The number of carboxylic acid groups (broad SMARTS) is 1. The molecule has 0 saturated heterocycles. The molecule has 1 aliphatic rings. The minimum atomic E-state index is -0.930. The molecule has 0 aromatic heterocycles. The van der Waals surface area contributed by atoms with Crippen molar-refractivity contribution in [3.8, 4) is 0 Å². The van der Waals surface area contributed by atoms with Gasteiger partial charge in [0.25, 0.3) is 0 Å². The normalized spacial score (nSPS) is 18.6. The summed E-state index contributed by atoms with van der Waals surface area (Å²) < 4.78 is 0. The molecular formula is C14H25NO3. The molecule has 0 aromatic carbocycles. The van der Waals surface area contributed by atoms with Crippen molar-refractivity contribution in [2.24, 2.45) is 11.8 Å². The second kappa shape index (κ2) is 7.39. The highest BCUT2D eigenvalue weighted by Gasteiger charge is 2.23. The third-order valence-corrected chi connectivity index (χ3v) is 3.54. The van der Waals surface area contributed by atoms with Gasteiger partial charge in [-0.3, -0.25) is 4.79 Å². The van der Waals surface area contributed by atoms with Gasteiger partial charge >= 0.3 is 5.97 Å².